The van der Waals surface area contributed by atoms with Gasteiger partial charge in [0.25, 0.3) is 0 Å². The summed E-state index contributed by atoms with van der Waals surface area (Å²) < 4.78 is 0. The van der Waals surface area contributed by atoms with Crippen molar-refractivity contribution < 1.29 is 0 Å². The van der Waals surface area contributed by atoms with Gasteiger partial charge in [-0.25, -0.2) is 4.98 Å². The molecule has 21 heavy (non-hydrogen) atoms. The molecule has 0 bridgehead atoms. The van der Waals surface area contributed by atoms with Gasteiger partial charge in [0.1, 0.15) is 11.9 Å². The molecule has 0 spiro atoms. The summed E-state index contributed by atoms with van der Waals surface area (Å²) in [4.78, 5) is 6.92. The normalized spacial score (nSPS) is 13.9. The van der Waals surface area contributed by atoms with E-state index in [-0.39, 0.29) is 0 Å². The molecule has 2 rings (SSSR count). The smallest absolute Gasteiger partial charge is 0.144 e. The van der Waals surface area contributed by atoms with E-state index in [0.29, 0.717) is 0 Å². The molecule has 0 saturated heterocycles. The third kappa shape index (κ3) is 3.74. The predicted octanol–water partition coefficient (Wildman–Crippen LogP) is 2.76. The zero-order chi connectivity index (χ0) is 15.2. The second kappa shape index (κ2) is 7.42. The maximum absolute atomic E-state index is 9.54. The van der Waals surface area contributed by atoms with E-state index >= 15 is 0 Å². The van der Waals surface area contributed by atoms with Crippen LogP contribution in [-0.2, 0) is 19.3 Å². The van der Waals surface area contributed by atoms with Crippen molar-refractivity contribution in [2.75, 3.05) is 32.5 Å². The third-order valence-corrected chi connectivity index (χ3v) is 4.12. The van der Waals surface area contributed by atoms with E-state index in [1.165, 1.54) is 29.7 Å². The molecule has 1 N–H and O–H groups in total. The van der Waals surface area contributed by atoms with Gasteiger partial charge >= 0.3 is 0 Å². The van der Waals surface area contributed by atoms with Crippen LogP contribution in [0.25, 0.3) is 0 Å². The molecular weight excluding hydrogens is 260 g/mol. The van der Waals surface area contributed by atoms with E-state index in [1.54, 1.807) is 0 Å². The molecule has 0 aliphatic heterocycles. The molecule has 0 radical (unpaired) electrons. The number of hydrogen-bond donors (Lipinski definition) is 1. The Morgan fingerprint density at radius 1 is 1.24 bits per heavy atom. The van der Waals surface area contributed by atoms with Crippen LogP contribution < -0.4 is 5.32 Å². The number of pyridine rings is 1. The van der Waals surface area contributed by atoms with Crippen molar-refractivity contribution in [2.24, 2.45) is 0 Å². The summed E-state index contributed by atoms with van der Waals surface area (Å²) in [6.45, 7) is 4.06. The van der Waals surface area contributed by atoms with Crippen molar-refractivity contribution in [3.05, 3.63) is 22.4 Å². The van der Waals surface area contributed by atoms with Crippen molar-refractivity contribution in [3.63, 3.8) is 0 Å². The highest BCUT2D eigenvalue weighted by atomic mass is 15.1. The summed E-state index contributed by atoms with van der Waals surface area (Å²) in [7, 11) is 4.15. The van der Waals surface area contributed by atoms with Gasteiger partial charge in [-0.15, -0.1) is 0 Å². The van der Waals surface area contributed by atoms with Crippen molar-refractivity contribution >= 4 is 5.82 Å². The lowest BCUT2D eigenvalue weighted by molar-refractivity contribution is 0.405. The minimum absolute atomic E-state index is 0.784. The average molecular weight is 286 g/mol. The summed E-state index contributed by atoms with van der Waals surface area (Å²) in [6.07, 6.45) is 6.52. The Balaban J connectivity index is 2.22. The number of hydrogen-bond acceptors (Lipinski definition) is 4. The minimum atomic E-state index is 0.784. The lowest BCUT2D eigenvalue weighted by atomic mass is 9.87. The van der Waals surface area contributed by atoms with Crippen LogP contribution in [0.15, 0.2) is 0 Å². The molecule has 114 valence electrons. The van der Waals surface area contributed by atoms with Crippen LogP contribution in [0.5, 0.6) is 0 Å². The molecule has 1 aliphatic carbocycles. The Morgan fingerprint density at radius 3 is 2.57 bits per heavy atom. The molecule has 0 atom stereocenters. The van der Waals surface area contributed by atoms with E-state index in [0.717, 1.165) is 50.2 Å². The number of nitrogens with one attached hydrogen (secondary N) is 1. The summed E-state index contributed by atoms with van der Waals surface area (Å²) in [6, 6.07) is 2.39. The lowest BCUT2D eigenvalue weighted by Crippen LogP contribution is -2.18. The quantitative estimate of drug-likeness (QED) is 0.817. The largest absolute Gasteiger partial charge is 0.369 e. The first-order valence-corrected chi connectivity index (χ1v) is 8.00. The Bertz CT molecular complexity index is 529. The van der Waals surface area contributed by atoms with Gasteiger partial charge in [0, 0.05) is 12.2 Å². The van der Waals surface area contributed by atoms with Crippen LogP contribution in [-0.4, -0.2) is 37.1 Å². The molecule has 0 unspecified atom stereocenters. The number of nitrogens with zero attached hydrogens (tertiary/aromatic N) is 3. The van der Waals surface area contributed by atoms with Gasteiger partial charge < -0.3 is 10.2 Å². The maximum Gasteiger partial charge on any atom is 0.144 e. The fourth-order valence-corrected chi connectivity index (χ4v) is 3.04. The van der Waals surface area contributed by atoms with E-state index < -0.39 is 0 Å². The molecule has 1 heterocycles. The highest BCUT2D eigenvalue weighted by molar-refractivity contribution is 5.60. The van der Waals surface area contributed by atoms with Crippen LogP contribution in [0.1, 0.15) is 48.6 Å². The predicted molar refractivity (Wildman–Crippen MR) is 86.6 cm³/mol. The van der Waals surface area contributed by atoms with Crippen LogP contribution in [0.4, 0.5) is 5.82 Å². The maximum atomic E-state index is 9.54. The fraction of sp³-hybridized carbons (Fsp3) is 0.647. The molecule has 1 aromatic heterocycles. The first-order chi connectivity index (χ1) is 10.2. The summed E-state index contributed by atoms with van der Waals surface area (Å²) >= 11 is 0. The van der Waals surface area contributed by atoms with E-state index in [1.807, 2.05) is 0 Å². The van der Waals surface area contributed by atoms with E-state index in [9.17, 15) is 5.26 Å². The van der Waals surface area contributed by atoms with Gasteiger partial charge in [0.2, 0.25) is 0 Å². The number of aromatic nitrogens is 1. The number of rotatable bonds is 6. The molecule has 4 heteroatoms. The minimum Gasteiger partial charge on any atom is -0.369 e. The lowest BCUT2D eigenvalue weighted by Gasteiger charge is -2.22. The zero-order valence-corrected chi connectivity index (χ0v) is 13.5. The molecule has 4 nitrogen and oxygen atoms in total. The second-order valence-electron chi connectivity index (χ2n) is 6.00. The van der Waals surface area contributed by atoms with Gasteiger partial charge in [-0.2, -0.15) is 5.26 Å². The van der Waals surface area contributed by atoms with Crippen LogP contribution >= 0.6 is 0 Å². The fourth-order valence-electron chi connectivity index (χ4n) is 3.04. The third-order valence-electron chi connectivity index (χ3n) is 4.12. The monoisotopic (exact) mass is 286 g/mol. The standard InChI is InChI=1S/C17H26N4/c1-4-16-14-9-6-5-8-13(14)15(12-18)17(20-16)19-10-7-11-21(2)3/h4-11H2,1-3H3,(H,19,20). The van der Waals surface area contributed by atoms with Crippen molar-refractivity contribution in [2.45, 2.75) is 45.4 Å². The molecule has 1 aliphatic rings. The molecule has 0 aromatic carbocycles. The van der Waals surface area contributed by atoms with Gasteiger partial charge in [0.15, 0.2) is 0 Å². The number of anilines is 1. The topological polar surface area (TPSA) is 52.0 Å². The zero-order valence-electron chi connectivity index (χ0n) is 13.5. The van der Waals surface area contributed by atoms with Gasteiger partial charge in [-0.05, 0) is 70.3 Å². The Morgan fingerprint density at radius 2 is 1.95 bits per heavy atom. The van der Waals surface area contributed by atoms with E-state index in [4.69, 9.17) is 4.98 Å². The Labute approximate surface area is 128 Å². The molecule has 0 saturated carbocycles. The summed E-state index contributed by atoms with van der Waals surface area (Å²) in [5.41, 5.74) is 4.57. The highest BCUT2D eigenvalue weighted by Crippen LogP contribution is 2.30. The highest BCUT2D eigenvalue weighted by Gasteiger charge is 2.21. The van der Waals surface area contributed by atoms with Crippen LogP contribution in [0.2, 0.25) is 0 Å². The number of fused-ring (bicyclic) bond motifs is 1. The number of aryl methyl sites for hydroxylation is 1. The Hall–Kier alpha value is -1.60. The van der Waals surface area contributed by atoms with Gasteiger partial charge in [0.05, 0.1) is 5.56 Å². The van der Waals surface area contributed by atoms with E-state index in [2.05, 4.69) is 37.3 Å². The van der Waals surface area contributed by atoms with Crippen molar-refractivity contribution in [1.29, 1.82) is 5.26 Å². The van der Waals surface area contributed by atoms with Gasteiger partial charge in [-0.3, -0.25) is 0 Å². The first kappa shape index (κ1) is 15.8. The molecular formula is C17H26N4. The van der Waals surface area contributed by atoms with Crippen molar-refractivity contribution in [3.8, 4) is 6.07 Å². The SMILES string of the molecule is CCc1nc(NCCCN(C)C)c(C#N)c2c1CCCC2. The summed E-state index contributed by atoms with van der Waals surface area (Å²) in [5, 5.41) is 12.9. The average Bonchev–Trinajstić information content (AvgIpc) is 2.50. The summed E-state index contributed by atoms with van der Waals surface area (Å²) in [5.74, 6) is 0.800. The molecule has 0 amide bonds. The van der Waals surface area contributed by atoms with Gasteiger partial charge in [-0.1, -0.05) is 6.92 Å². The molecule has 1 aromatic rings. The van der Waals surface area contributed by atoms with Crippen LogP contribution in [0, 0.1) is 11.3 Å². The molecule has 0 fully saturated rings. The van der Waals surface area contributed by atoms with Crippen molar-refractivity contribution in [1.82, 2.24) is 9.88 Å². The second-order valence-corrected chi connectivity index (χ2v) is 6.00. The first-order valence-electron chi connectivity index (χ1n) is 8.00. The number of nitriles is 1. The van der Waals surface area contributed by atoms with Crippen LogP contribution in [0.3, 0.4) is 0 Å². The Kier molecular flexibility index (Phi) is 5.58.